The van der Waals surface area contributed by atoms with Gasteiger partial charge in [-0.15, -0.1) is 0 Å². The van der Waals surface area contributed by atoms with Gasteiger partial charge in [-0.2, -0.15) is 0 Å². The fraction of sp³-hybridized carbons (Fsp3) is 0.133. The summed E-state index contributed by atoms with van der Waals surface area (Å²) in [6.45, 7) is 3.50. The van der Waals surface area contributed by atoms with Gasteiger partial charge in [-0.25, -0.2) is 0 Å². The molecule has 3 aliphatic rings. The summed E-state index contributed by atoms with van der Waals surface area (Å²) in [5, 5.41) is 2.97. The number of rotatable bonds is 3. The van der Waals surface area contributed by atoms with Crippen LogP contribution in [0.3, 0.4) is 0 Å². The summed E-state index contributed by atoms with van der Waals surface area (Å²) in [7, 11) is 0. The van der Waals surface area contributed by atoms with Crippen molar-refractivity contribution in [2.75, 3.05) is 5.32 Å². The highest BCUT2D eigenvalue weighted by atomic mass is 16.1. The van der Waals surface area contributed by atoms with Crippen LogP contribution in [0.25, 0.3) is 0 Å². The quantitative estimate of drug-likeness (QED) is 0.353. The predicted molar refractivity (Wildman–Crippen MR) is 130 cm³/mol. The lowest BCUT2D eigenvalue weighted by Gasteiger charge is -2.51. The van der Waals surface area contributed by atoms with Gasteiger partial charge in [-0.3, -0.25) is 9.59 Å². The van der Waals surface area contributed by atoms with E-state index in [9.17, 15) is 9.59 Å². The van der Waals surface area contributed by atoms with Crippen LogP contribution in [0, 0.1) is 6.92 Å². The zero-order valence-electron chi connectivity index (χ0n) is 18.6. The topological polar surface area (TPSA) is 46.2 Å². The first-order chi connectivity index (χ1) is 16.1. The maximum absolute atomic E-state index is 11.9. The molecule has 4 aromatic rings. The summed E-state index contributed by atoms with van der Waals surface area (Å²) in [6.07, 6.45) is 0.941. The van der Waals surface area contributed by atoms with E-state index in [-0.39, 0.29) is 11.8 Å². The first-order valence-corrected chi connectivity index (χ1v) is 11.2. The lowest BCUT2D eigenvalue weighted by molar-refractivity contribution is -0.114. The van der Waals surface area contributed by atoms with Crippen LogP contribution in [0.5, 0.6) is 0 Å². The molecule has 0 unspecified atom stereocenters. The lowest BCUT2D eigenvalue weighted by Crippen LogP contribution is -2.43. The number of carbonyl (C=O) groups excluding carboxylic acids is 2. The van der Waals surface area contributed by atoms with Crippen molar-refractivity contribution in [1.82, 2.24) is 0 Å². The second-order valence-electron chi connectivity index (χ2n) is 9.03. The average molecular weight is 430 g/mol. The van der Waals surface area contributed by atoms with Crippen LogP contribution in [0.4, 0.5) is 5.69 Å². The first-order valence-electron chi connectivity index (χ1n) is 11.2. The Morgan fingerprint density at radius 2 is 1.45 bits per heavy atom. The average Bonchev–Trinajstić information content (AvgIpc) is 2.83. The van der Waals surface area contributed by atoms with E-state index in [0.717, 1.165) is 28.7 Å². The summed E-state index contributed by atoms with van der Waals surface area (Å²) in [5.41, 5.74) is 10.4. The van der Waals surface area contributed by atoms with Gasteiger partial charge in [0.25, 0.3) is 0 Å². The Kier molecular flexibility index (Phi) is 4.18. The Labute approximate surface area is 193 Å². The Hall–Kier alpha value is -3.98. The van der Waals surface area contributed by atoms with Crippen LogP contribution >= 0.6 is 0 Å². The minimum atomic E-state index is -0.572. The summed E-state index contributed by atoms with van der Waals surface area (Å²) >= 11 is 0. The fourth-order valence-electron chi connectivity index (χ4n) is 6.00. The predicted octanol–water partition coefficient (Wildman–Crippen LogP) is 5.96. The van der Waals surface area contributed by atoms with Crippen molar-refractivity contribution in [3.63, 3.8) is 0 Å². The number of aryl methyl sites for hydroxylation is 1. The number of carbonyl (C=O) groups is 2. The second-order valence-corrected chi connectivity index (χ2v) is 9.03. The third-order valence-electron chi connectivity index (χ3n) is 7.28. The van der Waals surface area contributed by atoms with Crippen LogP contribution in [0.2, 0.25) is 0 Å². The van der Waals surface area contributed by atoms with Crippen molar-refractivity contribution in [3.05, 3.63) is 135 Å². The third kappa shape index (κ3) is 2.56. The van der Waals surface area contributed by atoms with Gasteiger partial charge >= 0.3 is 0 Å². The summed E-state index contributed by atoms with van der Waals surface area (Å²) in [5.74, 6) is 0.0426. The van der Waals surface area contributed by atoms with Crippen LogP contribution in [0.15, 0.2) is 84.9 Å². The molecular formula is C30H23NO2. The smallest absolute Gasteiger partial charge is 0.221 e. The molecule has 3 nitrogen and oxygen atoms in total. The highest BCUT2D eigenvalue weighted by Gasteiger charge is 2.52. The molecule has 33 heavy (non-hydrogen) atoms. The Morgan fingerprint density at radius 3 is 2.09 bits per heavy atom. The molecule has 4 aromatic carbocycles. The molecule has 0 aromatic heterocycles. The summed E-state index contributed by atoms with van der Waals surface area (Å²) in [4.78, 5) is 23.8. The highest BCUT2D eigenvalue weighted by molar-refractivity contribution is 5.89. The van der Waals surface area contributed by atoms with Crippen molar-refractivity contribution >= 4 is 17.9 Å². The fourth-order valence-corrected chi connectivity index (χ4v) is 6.00. The molecule has 0 saturated heterocycles. The van der Waals surface area contributed by atoms with Crippen molar-refractivity contribution in [2.24, 2.45) is 0 Å². The van der Waals surface area contributed by atoms with Gasteiger partial charge in [0.15, 0.2) is 0 Å². The number of hydrogen-bond donors (Lipinski definition) is 1. The molecule has 0 heterocycles. The Balaban J connectivity index is 1.78. The highest BCUT2D eigenvalue weighted by Crippen LogP contribution is 2.61. The number of aldehydes is 1. The molecule has 0 radical (unpaired) electrons. The van der Waals surface area contributed by atoms with E-state index in [2.05, 4.69) is 72.0 Å². The molecule has 3 heteroatoms. The zero-order chi connectivity index (χ0) is 22.7. The van der Waals surface area contributed by atoms with Gasteiger partial charge in [0.1, 0.15) is 6.29 Å². The summed E-state index contributed by atoms with van der Waals surface area (Å²) < 4.78 is 0. The van der Waals surface area contributed by atoms with Crippen molar-refractivity contribution < 1.29 is 9.59 Å². The van der Waals surface area contributed by atoms with Crippen LogP contribution < -0.4 is 5.32 Å². The molecule has 7 rings (SSSR count). The largest absolute Gasteiger partial charge is 0.326 e. The molecule has 2 bridgehead atoms. The number of hydrogen-bond acceptors (Lipinski definition) is 2. The minimum absolute atomic E-state index is 0.0932. The van der Waals surface area contributed by atoms with E-state index < -0.39 is 5.41 Å². The molecule has 1 amide bonds. The van der Waals surface area contributed by atoms with E-state index in [0.29, 0.717) is 5.56 Å². The van der Waals surface area contributed by atoms with Gasteiger partial charge < -0.3 is 5.32 Å². The van der Waals surface area contributed by atoms with E-state index in [1.165, 1.54) is 34.7 Å². The SMILES string of the molecule is CC(=O)Nc1ccc2c(c1)C1(c3ccc(C)c(C=O)c3)c3ccccc3C2c2ccccc21. The number of benzene rings is 4. The molecule has 0 fully saturated rings. The Morgan fingerprint density at radius 1 is 0.818 bits per heavy atom. The van der Waals surface area contributed by atoms with Gasteiger partial charge in [-0.1, -0.05) is 66.7 Å². The molecule has 0 aliphatic heterocycles. The summed E-state index contributed by atoms with van der Waals surface area (Å²) in [6, 6.07) is 29.8. The van der Waals surface area contributed by atoms with Gasteiger partial charge in [0.05, 0.1) is 5.41 Å². The first kappa shape index (κ1) is 19.7. The van der Waals surface area contributed by atoms with E-state index in [1.807, 2.05) is 25.1 Å². The monoisotopic (exact) mass is 429 g/mol. The molecule has 0 spiro atoms. The molecule has 3 aliphatic carbocycles. The Bertz CT molecular complexity index is 1420. The lowest BCUT2D eigenvalue weighted by atomic mass is 9.51. The van der Waals surface area contributed by atoms with Gasteiger partial charge in [0, 0.05) is 24.1 Å². The van der Waals surface area contributed by atoms with E-state index >= 15 is 0 Å². The van der Waals surface area contributed by atoms with Gasteiger partial charge in [0.2, 0.25) is 5.91 Å². The van der Waals surface area contributed by atoms with E-state index in [4.69, 9.17) is 0 Å². The minimum Gasteiger partial charge on any atom is -0.326 e. The maximum atomic E-state index is 11.9. The maximum Gasteiger partial charge on any atom is 0.221 e. The number of anilines is 1. The van der Waals surface area contributed by atoms with Crippen LogP contribution in [-0.2, 0) is 10.2 Å². The normalized spacial score (nSPS) is 19.3. The van der Waals surface area contributed by atoms with Gasteiger partial charge in [-0.05, 0) is 69.6 Å². The third-order valence-corrected chi connectivity index (χ3v) is 7.28. The van der Waals surface area contributed by atoms with E-state index in [1.54, 1.807) is 0 Å². The van der Waals surface area contributed by atoms with Crippen LogP contribution in [-0.4, -0.2) is 12.2 Å². The van der Waals surface area contributed by atoms with Crippen molar-refractivity contribution in [1.29, 1.82) is 0 Å². The van der Waals surface area contributed by atoms with Crippen molar-refractivity contribution in [3.8, 4) is 0 Å². The molecule has 0 saturated carbocycles. The molecule has 1 N–H and O–H groups in total. The molecule has 0 atom stereocenters. The van der Waals surface area contributed by atoms with Crippen molar-refractivity contribution in [2.45, 2.75) is 25.2 Å². The molecular weight excluding hydrogens is 406 g/mol. The molecule has 160 valence electrons. The second kappa shape index (κ2) is 7.01. The number of amides is 1. The standard InChI is InChI=1S/C30H23NO2/c1-18-11-12-21(15-20(18)17-32)30-26-9-5-3-7-23(26)29(24-8-4-6-10-27(24)30)25-14-13-22(16-28(25)30)31-19(2)33/h3-17,29H,1-2H3,(H,31,33). The van der Waals surface area contributed by atoms with Crippen LogP contribution in [0.1, 0.15) is 67.7 Å². The zero-order valence-corrected chi connectivity index (χ0v) is 18.6. The number of nitrogens with one attached hydrogen (secondary N) is 1.